The van der Waals surface area contributed by atoms with Gasteiger partial charge in [-0.1, -0.05) is 61.8 Å². The summed E-state index contributed by atoms with van der Waals surface area (Å²) in [5.74, 6) is 1.09. The van der Waals surface area contributed by atoms with Gasteiger partial charge in [-0.05, 0) is 29.9 Å². The highest BCUT2D eigenvalue weighted by atomic mass is 79.9. The van der Waals surface area contributed by atoms with Crippen LogP contribution in [0.1, 0.15) is 45.6 Å². The van der Waals surface area contributed by atoms with Crippen molar-refractivity contribution in [2.45, 2.75) is 46.1 Å². The SMILES string of the molecule is CC(C)COCCC(CNC(C)C)c1ccccc1Br. The third-order valence-electron chi connectivity index (χ3n) is 3.18. The number of ether oxygens (including phenoxy) is 1. The zero-order valence-corrected chi connectivity index (χ0v) is 14.7. The first-order chi connectivity index (χ1) is 9.50. The van der Waals surface area contributed by atoms with E-state index < -0.39 is 0 Å². The van der Waals surface area contributed by atoms with E-state index in [1.807, 2.05) is 0 Å². The Morgan fingerprint density at radius 1 is 1.15 bits per heavy atom. The molecule has 0 amide bonds. The van der Waals surface area contributed by atoms with Gasteiger partial charge in [-0.25, -0.2) is 0 Å². The van der Waals surface area contributed by atoms with E-state index in [1.54, 1.807) is 0 Å². The van der Waals surface area contributed by atoms with Crippen LogP contribution in [0.15, 0.2) is 28.7 Å². The topological polar surface area (TPSA) is 21.3 Å². The smallest absolute Gasteiger partial charge is 0.0488 e. The van der Waals surface area contributed by atoms with E-state index in [9.17, 15) is 0 Å². The van der Waals surface area contributed by atoms with Gasteiger partial charge < -0.3 is 10.1 Å². The van der Waals surface area contributed by atoms with E-state index in [1.165, 1.54) is 10.0 Å². The average Bonchev–Trinajstić information content (AvgIpc) is 2.38. The van der Waals surface area contributed by atoms with Gasteiger partial charge in [0, 0.05) is 30.3 Å². The van der Waals surface area contributed by atoms with Crippen molar-refractivity contribution in [1.82, 2.24) is 5.32 Å². The molecule has 114 valence electrons. The number of benzene rings is 1. The highest BCUT2D eigenvalue weighted by Crippen LogP contribution is 2.27. The molecule has 1 atom stereocenters. The molecular formula is C17H28BrNO. The Balaban J connectivity index is 2.58. The zero-order valence-electron chi connectivity index (χ0n) is 13.2. The summed E-state index contributed by atoms with van der Waals surface area (Å²) in [6, 6.07) is 9.01. The van der Waals surface area contributed by atoms with Gasteiger partial charge in [0.05, 0.1) is 0 Å². The summed E-state index contributed by atoms with van der Waals surface area (Å²) in [5, 5.41) is 3.54. The lowest BCUT2D eigenvalue weighted by molar-refractivity contribution is 0.103. The minimum Gasteiger partial charge on any atom is -0.381 e. The number of rotatable bonds is 9. The molecule has 0 radical (unpaired) electrons. The first-order valence-electron chi connectivity index (χ1n) is 7.56. The van der Waals surface area contributed by atoms with Crippen LogP contribution < -0.4 is 5.32 Å². The molecule has 1 aromatic rings. The van der Waals surface area contributed by atoms with Gasteiger partial charge in [0.2, 0.25) is 0 Å². The average molecular weight is 342 g/mol. The minimum absolute atomic E-state index is 0.486. The summed E-state index contributed by atoms with van der Waals surface area (Å²) in [5.41, 5.74) is 1.37. The molecule has 0 aliphatic rings. The molecule has 2 nitrogen and oxygen atoms in total. The Labute approximate surface area is 132 Å². The monoisotopic (exact) mass is 341 g/mol. The van der Waals surface area contributed by atoms with Crippen molar-refractivity contribution in [2.24, 2.45) is 5.92 Å². The van der Waals surface area contributed by atoms with E-state index in [4.69, 9.17) is 4.74 Å². The van der Waals surface area contributed by atoms with Gasteiger partial charge >= 0.3 is 0 Å². The number of nitrogens with one attached hydrogen (secondary N) is 1. The van der Waals surface area contributed by atoms with Crippen LogP contribution in [0.2, 0.25) is 0 Å². The first kappa shape index (κ1) is 17.7. The maximum atomic E-state index is 5.75. The maximum absolute atomic E-state index is 5.75. The molecule has 0 aliphatic heterocycles. The van der Waals surface area contributed by atoms with Crippen LogP contribution in [-0.4, -0.2) is 25.8 Å². The summed E-state index contributed by atoms with van der Waals surface area (Å²) in [6.07, 6.45) is 1.05. The Hall–Kier alpha value is -0.380. The molecule has 0 saturated heterocycles. The van der Waals surface area contributed by atoms with E-state index in [0.29, 0.717) is 17.9 Å². The first-order valence-corrected chi connectivity index (χ1v) is 8.35. The van der Waals surface area contributed by atoms with Crippen molar-refractivity contribution in [1.29, 1.82) is 0 Å². The molecule has 0 bridgehead atoms. The Kier molecular flexibility index (Phi) is 8.43. The summed E-state index contributed by atoms with van der Waals surface area (Å²) >= 11 is 3.67. The lowest BCUT2D eigenvalue weighted by Gasteiger charge is -2.21. The van der Waals surface area contributed by atoms with Crippen molar-refractivity contribution in [3.05, 3.63) is 34.3 Å². The van der Waals surface area contributed by atoms with E-state index in [-0.39, 0.29) is 0 Å². The second-order valence-electron chi connectivity index (χ2n) is 6.04. The molecule has 0 aliphatic carbocycles. The molecule has 0 heterocycles. The van der Waals surface area contributed by atoms with Gasteiger partial charge in [-0.2, -0.15) is 0 Å². The summed E-state index contributed by atoms with van der Waals surface area (Å²) in [7, 11) is 0. The van der Waals surface area contributed by atoms with Gasteiger partial charge in [0.25, 0.3) is 0 Å². The third-order valence-corrected chi connectivity index (χ3v) is 3.90. The highest BCUT2D eigenvalue weighted by Gasteiger charge is 2.14. The van der Waals surface area contributed by atoms with Crippen LogP contribution in [0.4, 0.5) is 0 Å². The third kappa shape index (κ3) is 6.87. The van der Waals surface area contributed by atoms with Crippen LogP contribution in [0.25, 0.3) is 0 Å². The second kappa shape index (κ2) is 9.54. The molecule has 0 aromatic heterocycles. The Morgan fingerprint density at radius 2 is 1.85 bits per heavy atom. The van der Waals surface area contributed by atoms with Gasteiger partial charge in [-0.15, -0.1) is 0 Å². The van der Waals surface area contributed by atoms with E-state index >= 15 is 0 Å². The van der Waals surface area contributed by atoms with Crippen molar-refractivity contribution >= 4 is 15.9 Å². The van der Waals surface area contributed by atoms with Crippen molar-refractivity contribution in [3.63, 3.8) is 0 Å². The number of hydrogen-bond donors (Lipinski definition) is 1. The van der Waals surface area contributed by atoms with Gasteiger partial charge in [0.1, 0.15) is 0 Å². The highest BCUT2D eigenvalue weighted by molar-refractivity contribution is 9.10. The van der Waals surface area contributed by atoms with Crippen LogP contribution in [0.5, 0.6) is 0 Å². The summed E-state index contributed by atoms with van der Waals surface area (Å²) in [4.78, 5) is 0. The van der Waals surface area contributed by atoms with E-state index in [0.717, 1.165) is 26.2 Å². The molecule has 0 saturated carbocycles. The minimum atomic E-state index is 0.486. The van der Waals surface area contributed by atoms with Crippen LogP contribution in [-0.2, 0) is 4.74 Å². The molecule has 0 spiro atoms. The lowest BCUT2D eigenvalue weighted by atomic mass is 9.95. The number of hydrogen-bond acceptors (Lipinski definition) is 2. The van der Waals surface area contributed by atoms with Crippen LogP contribution >= 0.6 is 15.9 Å². The molecule has 1 aromatic carbocycles. The van der Waals surface area contributed by atoms with Crippen molar-refractivity contribution < 1.29 is 4.74 Å². The largest absolute Gasteiger partial charge is 0.381 e. The predicted molar refractivity (Wildman–Crippen MR) is 90.3 cm³/mol. The molecule has 3 heteroatoms. The zero-order chi connectivity index (χ0) is 15.0. The van der Waals surface area contributed by atoms with Crippen molar-refractivity contribution in [2.75, 3.05) is 19.8 Å². The summed E-state index contributed by atoms with van der Waals surface area (Å²) in [6.45, 7) is 11.4. The number of halogens is 1. The molecule has 1 N–H and O–H groups in total. The fourth-order valence-electron chi connectivity index (χ4n) is 2.10. The normalized spacial score (nSPS) is 13.2. The van der Waals surface area contributed by atoms with Crippen molar-refractivity contribution in [3.8, 4) is 0 Å². The maximum Gasteiger partial charge on any atom is 0.0488 e. The summed E-state index contributed by atoms with van der Waals surface area (Å²) < 4.78 is 6.94. The standard InChI is InChI=1S/C17H28BrNO/c1-13(2)12-20-10-9-15(11-19-14(3)4)16-7-5-6-8-17(16)18/h5-8,13-15,19H,9-12H2,1-4H3. The molecule has 0 fully saturated rings. The quantitative estimate of drug-likeness (QED) is 0.663. The molecule has 1 rings (SSSR count). The molecule has 20 heavy (non-hydrogen) atoms. The van der Waals surface area contributed by atoms with E-state index in [2.05, 4.69) is 73.2 Å². The van der Waals surface area contributed by atoms with Gasteiger partial charge in [-0.3, -0.25) is 0 Å². The fourth-order valence-corrected chi connectivity index (χ4v) is 2.70. The van der Waals surface area contributed by atoms with Gasteiger partial charge in [0.15, 0.2) is 0 Å². The fraction of sp³-hybridized carbons (Fsp3) is 0.647. The Morgan fingerprint density at radius 3 is 2.45 bits per heavy atom. The lowest BCUT2D eigenvalue weighted by Crippen LogP contribution is -2.28. The predicted octanol–water partition coefficient (Wildman–Crippen LogP) is 4.59. The molecular weight excluding hydrogens is 314 g/mol. The Bertz CT molecular complexity index is 379. The second-order valence-corrected chi connectivity index (χ2v) is 6.89. The van der Waals surface area contributed by atoms with Crippen LogP contribution in [0, 0.1) is 5.92 Å². The van der Waals surface area contributed by atoms with Crippen LogP contribution in [0.3, 0.4) is 0 Å². The molecule has 1 unspecified atom stereocenters.